The molecule has 0 fully saturated rings. The number of aliphatic hydroxyl groups is 1. The number of nitrogens with two attached hydrogens (primary N) is 1. The molecule has 0 amide bonds. The van der Waals surface area contributed by atoms with Gasteiger partial charge in [0.2, 0.25) is 0 Å². The zero-order chi connectivity index (χ0) is 16.4. The molecule has 2 aromatic heterocycles. The van der Waals surface area contributed by atoms with Gasteiger partial charge in [0.1, 0.15) is 16.6 Å². The van der Waals surface area contributed by atoms with Crippen LogP contribution < -0.4 is 10.5 Å². The summed E-state index contributed by atoms with van der Waals surface area (Å²) < 4.78 is 7.18. The van der Waals surface area contributed by atoms with Crippen molar-refractivity contribution in [3.63, 3.8) is 0 Å². The van der Waals surface area contributed by atoms with Gasteiger partial charge in [-0.25, -0.2) is 9.67 Å². The quantitative estimate of drug-likeness (QED) is 0.418. The average Bonchev–Trinajstić information content (AvgIpc) is 2.96. The number of anilines is 1. The third kappa shape index (κ3) is 3.08. The van der Waals surface area contributed by atoms with Crippen LogP contribution in [-0.4, -0.2) is 39.3 Å². The van der Waals surface area contributed by atoms with E-state index in [2.05, 4.69) is 10.1 Å². The van der Waals surface area contributed by atoms with E-state index in [9.17, 15) is 0 Å². The van der Waals surface area contributed by atoms with Crippen molar-refractivity contribution in [2.24, 2.45) is 0 Å². The van der Waals surface area contributed by atoms with E-state index in [-0.39, 0.29) is 6.61 Å². The lowest BCUT2D eigenvalue weighted by molar-refractivity contribution is 0.322. The molecule has 120 valence electrons. The Kier molecular flexibility index (Phi) is 4.61. The van der Waals surface area contributed by atoms with Crippen molar-refractivity contribution in [2.45, 2.75) is 4.90 Å². The minimum Gasteiger partial charge on any atom is -0.494 e. The first-order valence-electron chi connectivity index (χ1n) is 6.85. The van der Waals surface area contributed by atoms with Gasteiger partial charge in [0.25, 0.3) is 0 Å². The largest absolute Gasteiger partial charge is 0.494 e. The summed E-state index contributed by atoms with van der Waals surface area (Å²) in [5.74, 6) is 1.17. The molecule has 0 bridgehead atoms. The maximum Gasteiger partial charge on any atom is 0.146 e. The Hall–Kier alpha value is -1.96. The number of rotatable bonds is 5. The lowest BCUT2D eigenvalue weighted by atomic mass is 10.2. The van der Waals surface area contributed by atoms with E-state index in [1.807, 2.05) is 6.07 Å². The van der Waals surface area contributed by atoms with Gasteiger partial charge in [0.05, 0.1) is 25.4 Å². The van der Waals surface area contributed by atoms with Crippen molar-refractivity contribution < 1.29 is 9.84 Å². The zero-order valence-electron chi connectivity index (χ0n) is 12.4. The first-order valence-corrected chi connectivity index (χ1v) is 8.21. The smallest absolute Gasteiger partial charge is 0.146 e. The first kappa shape index (κ1) is 15.9. The number of hydrogen-bond acceptors (Lipinski definition) is 6. The standard InChI is InChI=1S/C15H15ClN4O2S/c1-22-13-4-10(17)14(23-3-2-21)5-12(13)20-11-6-15(16)18-7-9(11)8-19-20/h4-8,21H,2-3,17H2,1H3. The molecule has 3 N–H and O–H groups in total. The lowest BCUT2D eigenvalue weighted by Crippen LogP contribution is -2.02. The molecule has 0 aliphatic heterocycles. The Bertz CT molecular complexity index is 853. The van der Waals surface area contributed by atoms with E-state index in [4.69, 9.17) is 27.2 Å². The number of hydrogen-bond donors (Lipinski definition) is 2. The fourth-order valence-electron chi connectivity index (χ4n) is 2.26. The van der Waals surface area contributed by atoms with Crippen molar-refractivity contribution in [1.82, 2.24) is 14.8 Å². The van der Waals surface area contributed by atoms with Crippen LogP contribution >= 0.6 is 23.4 Å². The molecular formula is C15H15ClN4O2S. The minimum atomic E-state index is 0.0808. The Morgan fingerprint density at radius 3 is 2.91 bits per heavy atom. The second kappa shape index (κ2) is 6.66. The van der Waals surface area contributed by atoms with Gasteiger partial charge in [-0.05, 0) is 6.07 Å². The van der Waals surface area contributed by atoms with Crippen LogP contribution in [0.1, 0.15) is 0 Å². The van der Waals surface area contributed by atoms with E-state index in [0.717, 1.165) is 21.5 Å². The highest BCUT2D eigenvalue weighted by atomic mass is 35.5. The fourth-order valence-corrected chi connectivity index (χ4v) is 3.15. The Morgan fingerprint density at radius 1 is 1.35 bits per heavy atom. The van der Waals surface area contributed by atoms with E-state index < -0.39 is 0 Å². The van der Waals surface area contributed by atoms with Gasteiger partial charge in [-0.2, -0.15) is 5.10 Å². The highest BCUT2D eigenvalue weighted by molar-refractivity contribution is 7.99. The molecule has 3 rings (SSSR count). The summed E-state index contributed by atoms with van der Waals surface area (Å²) in [6, 6.07) is 5.40. The van der Waals surface area contributed by atoms with Crippen molar-refractivity contribution in [3.05, 3.63) is 35.7 Å². The first-order chi connectivity index (χ1) is 11.1. The predicted molar refractivity (Wildman–Crippen MR) is 92.6 cm³/mol. The number of benzene rings is 1. The maximum absolute atomic E-state index is 9.02. The number of methoxy groups -OCH3 is 1. The van der Waals surface area contributed by atoms with E-state index in [0.29, 0.717) is 22.3 Å². The summed E-state index contributed by atoms with van der Waals surface area (Å²) in [4.78, 5) is 4.92. The molecule has 6 nitrogen and oxygen atoms in total. The molecule has 0 saturated carbocycles. The van der Waals surface area contributed by atoms with E-state index in [1.165, 1.54) is 11.8 Å². The molecule has 8 heteroatoms. The normalized spacial score (nSPS) is 11.1. The SMILES string of the molecule is COc1cc(N)c(SCCO)cc1-n1ncc2cnc(Cl)cc21. The summed E-state index contributed by atoms with van der Waals surface area (Å²) in [5, 5.41) is 14.7. The van der Waals surface area contributed by atoms with Crippen LogP contribution in [0.3, 0.4) is 0 Å². The number of aromatic nitrogens is 3. The Balaban J connectivity index is 2.18. The average molecular weight is 351 g/mol. The number of pyridine rings is 1. The number of fused-ring (bicyclic) bond motifs is 1. The summed E-state index contributed by atoms with van der Waals surface area (Å²) in [5.41, 5.74) is 8.23. The predicted octanol–water partition coefficient (Wildman–Crippen LogP) is 2.75. The van der Waals surface area contributed by atoms with Crippen molar-refractivity contribution in [1.29, 1.82) is 0 Å². The summed E-state index contributed by atoms with van der Waals surface area (Å²) in [6.07, 6.45) is 3.39. The Labute approximate surface area is 142 Å². The maximum atomic E-state index is 9.02. The van der Waals surface area contributed by atoms with Crippen LogP contribution in [0.25, 0.3) is 16.6 Å². The second-order valence-electron chi connectivity index (χ2n) is 4.76. The van der Waals surface area contributed by atoms with Crippen LogP contribution in [0, 0.1) is 0 Å². The highest BCUT2D eigenvalue weighted by Crippen LogP contribution is 2.35. The van der Waals surface area contributed by atoms with Crippen LogP contribution in [0.5, 0.6) is 5.75 Å². The number of nitrogen functional groups attached to an aromatic ring is 1. The molecule has 0 spiro atoms. The lowest BCUT2D eigenvalue weighted by Gasteiger charge is -2.14. The van der Waals surface area contributed by atoms with E-state index >= 15 is 0 Å². The highest BCUT2D eigenvalue weighted by Gasteiger charge is 2.14. The van der Waals surface area contributed by atoms with Gasteiger partial charge in [-0.3, -0.25) is 0 Å². The van der Waals surface area contributed by atoms with E-state index in [1.54, 1.807) is 36.3 Å². The zero-order valence-corrected chi connectivity index (χ0v) is 13.9. The van der Waals surface area contributed by atoms with Crippen LogP contribution in [0.4, 0.5) is 5.69 Å². The molecule has 0 unspecified atom stereocenters. The van der Waals surface area contributed by atoms with Crippen LogP contribution in [0.15, 0.2) is 35.5 Å². The molecule has 0 aliphatic carbocycles. The van der Waals surface area contributed by atoms with Crippen molar-refractivity contribution >= 4 is 40.0 Å². The molecule has 0 radical (unpaired) electrons. The van der Waals surface area contributed by atoms with Gasteiger partial charge < -0.3 is 15.6 Å². The molecule has 23 heavy (non-hydrogen) atoms. The molecule has 1 aromatic carbocycles. The number of ether oxygens (including phenoxy) is 1. The van der Waals surface area contributed by atoms with Gasteiger partial charge in [0.15, 0.2) is 0 Å². The van der Waals surface area contributed by atoms with Gasteiger partial charge in [-0.15, -0.1) is 11.8 Å². The number of halogens is 1. The van der Waals surface area contributed by atoms with Crippen LogP contribution in [-0.2, 0) is 0 Å². The third-order valence-electron chi connectivity index (χ3n) is 3.31. The number of thioether (sulfide) groups is 1. The minimum absolute atomic E-state index is 0.0808. The third-order valence-corrected chi connectivity index (χ3v) is 4.57. The van der Waals surface area contributed by atoms with Gasteiger partial charge >= 0.3 is 0 Å². The summed E-state index contributed by atoms with van der Waals surface area (Å²) in [7, 11) is 1.58. The van der Waals surface area contributed by atoms with Gasteiger partial charge in [0, 0.05) is 40.1 Å². The molecule has 0 saturated heterocycles. The Morgan fingerprint density at radius 2 is 2.17 bits per heavy atom. The van der Waals surface area contributed by atoms with Gasteiger partial charge in [-0.1, -0.05) is 11.6 Å². The summed E-state index contributed by atoms with van der Waals surface area (Å²) >= 11 is 7.47. The molecule has 3 aromatic rings. The number of nitrogens with zero attached hydrogens (tertiary/aromatic N) is 3. The summed E-state index contributed by atoms with van der Waals surface area (Å²) in [6.45, 7) is 0.0808. The van der Waals surface area contributed by atoms with Crippen LogP contribution in [0.2, 0.25) is 5.15 Å². The van der Waals surface area contributed by atoms with Crippen molar-refractivity contribution in [2.75, 3.05) is 25.2 Å². The topological polar surface area (TPSA) is 86.2 Å². The van der Waals surface area contributed by atoms with Crippen molar-refractivity contribution in [3.8, 4) is 11.4 Å². The molecule has 0 atom stereocenters. The molecular weight excluding hydrogens is 336 g/mol. The number of aliphatic hydroxyl groups excluding tert-OH is 1. The molecule has 0 aliphatic rings. The molecule has 2 heterocycles. The fraction of sp³-hybridized carbons (Fsp3) is 0.200. The second-order valence-corrected chi connectivity index (χ2v) is 6.28. The monoisotopic (exact) mass is 350 g/mol.